The smallest absolute Gasteiger partial charge is 0.227 e. The first-order valence-corrected chi connectivity index (χ1v) is 11.5. The summed E-state index contributed by atoms with van der Waals surface area (Å²) >= 11 is 0. The Morgan fingerprint density at radius 3 is 2.38 bits per heavy atom. The summed E-state index contributed by atoms with van der Waals surface area (Å²) < 4.78 is 0. The van der Waals surface area contributed by atoms with Crippen molar-refractivity contribution in [2.24, 2.45) is 0 Å². The lowest BCUT2D eigenvalue weighted by atomic mass is 9.97. The van der Waals surface area contributed by atoms with Crippen LogP contribution in [0.25, 0.3) is 22.0 Å². The van der Waals surface area contributed by atoms with E-state index in [1.54, 1.807) is 0 Å². The highest BCUT2D eigenvalue weighted by molar-refractivity contribution is 6.01. The number of hydrogen-bond acceptors (Lipinski definition) is 7. The molecule has 0 amide bonds. The van der Waals surface area contributed by atoms with Gasteiger partial charge in [-0.1, -0.05) is 30.3 Å². The number of likely N-dealkylation sites (N-methyl/N-ethyl adjacent to an activating group) is 1. The SMILES string of the molecule is CNc1cccc(-c2cccc3cnc(Nc4ccc(N5CCN(C)CC5)cc4)nc23)c1C=O. The Morgan fingerprint density at radius 2 is 1.65 bits per heavy atom. The average molecular weight is 453 g/mol. The maximum atomic E-state index is 11.9. The summed E-state index contributed by atoms with van der Waals surface area (Å²) in [6.45, 7) is 4.24. The molecule has 2 N–H and O–H groups in total. The monoisotopic (exact) mass is 452 g/mol. The lowest BCUT2D eigenvalue weighted by molar-refractivity contribution is 0.112. The Hall–Kier alpha value is -3.97. The van der Waals surface area contributed by atoms with Crippen LogP contribution in [-0.4, -0.2) is 61.4 Å². The zero-order valence-electron chi connectivity index (χ0n) is 19.5. The summed E-state index contributed by atoms with van der Waals surface area (Å²) in [6.07, 6.45) is 2.71. The van der Waals surface area contributed by atoms with Gasteiger partial charge in [0.1, 0.15) is 0 Å². The second-order valence-electron chi connectivity index (χ2n) is 8.53. The fourth-order valence-corrected chi connectivity index (χ4v) is 4.43. The third-order valence-electron chi connectivity index (χ3n) is 6.39. The largest absolute Gasteiger partial charge is 0.388 e. The van der Waals surface area contributed by atoms with Crippen LogP contribution >= 0.6 is 0 Å². The third-order valence-corrected chi connectivity index (χ3v) is 6.39. The van der Waals surface area contributed by atoms with Gasteiger partial charge >= 0.3 is 0 Å². The topological polar surface area (TPSA) is 73.4 Å². The predicted molar refractivity (Wildman–Crippen MR) is 139 cm³/mol. The quantitative estimate of drug-likeness (QED) is 0.413. The Balaban J connectivity index is 1.44. The number of aromatic nitrogens is 2. The molecule has 0 radical (unpaired) electrons. The zero-order chi connectivity index (χ0) is 23.5. The van der Waals surface area contributed by atoms with Crippen LogP contribution in [0.15, 0.2) is 66.9 Å². The first-order valence-electron chi connectivity index (χ1n) is 11.5. The van der Waals surface area contributed by atoms with E-state index in [1.165, 1.54) is 5.69 Å². The van der Waals surface area contributed by atoms with Crippen molar-refractivity contribution < 1.29 is 4.79 Å². The van der Waals surface area contributed by atoms with Gasteiger partial charge in [0.25, 0.3) is 0 Å². The van der Waals surface area contributed by atoms with Crippen molar-refractivity contribution >= 4 is 40.2 Å². The number of piperazine rings is 1. The van der Waals surface area contributed by atoms with Crippen LogP contribution in [0.5, 0.6) is 0 Å². The number of nitrogens with one attached hydrogen (secondary N) is 2. The van der Waals surface area contributed by atoms with Crippen molar-refractivity contribution in [3.05, 3.63) is 72.4 Å². The fourth-order valence-electron chi connectivity index (χ4n) is 4.43. The molecule has 0 spiro atoms. The average Bonchev–Trinajstić information content (AvgIpc) is 2.88. The van der Waals surface area contributed by atoms with Crippen LogP contribution in [0.2, 0.25) is 0 Å². The fraction of sp³-hybridized carbons (Fsp3) is 0.222. The predicted octanol–water partition coefficient (Wildman–Crippen LogP) is 4.65. The Morgan fingerprint density at radius 1 is 0.912 bits per heavy atom. The standard InChI is InChI=1S/C27H28N6O/c1-28-25-8-4-6-22(24(25)18-34)23-7-3-5-19-17-29-27(31-26(19)23)30-20-9-11-21(12-10-20)33-15-13-32(2)14-16-33/h3-12,17-18,28H,13-16H2,1-2H3,(H,29,30,31). The Kier molecular flexibility index (Phi) is 6.10. The van der Waals surface area contributed by atoms with Gasteiger partial charge < -0.3 is 20.4 Å². The molecule has 3 aromatic carbocycles. The molecule has 7 nitrogen and oxygen atoms in total. The van der Waals surface area contributed by atoms with Gasteiger partial charge in [-0.3, -0.25) is 4.79 Å². The summed E-state index contributed by atoms with van der Waals surface area (Å²) in [5.41, 5.74) is 6.10. The molecular formula is C27H28N6O. The van der Waals surface area contributed by atoms with Crippen molar-refractivity contribution in [3.63, 3.8) is 0 Å². The number of para-hydroxylation sites is 1. The molecule has 1 fully saturated rings. The van der Waals surface area contributed by atoms with Crippen molar-refractivity contribution in [3.8, 4) is 11.1 Å². The van der Waals surface area contributed by atoms with E-state index in [0.29, 0.717) is 11.5 Å². The van der Waals surface area contributed by atoms with Crippen LogP contribution in [0.1, 0.15) is 10.4 Å². The van der Waals surface area contributed by atoms with Gasteiger partial charge in [0, 0.05) is 73.0 Å². The molecule has 0 saturated carbocycles. The van der Waals surface area contributed by atoms with Crippen LogP contribution in [-0.2, 0) is 0 Å². The van der Waals surface area contributed by atoms with Gasteiger partial charge in [-0.15, -0.1) is 0 Å². The van der Waals surface area contributed by atoms with Crippen molar-refractivity contribution in [1.82, 2.24) is 14.9 Å². The van der Waals surface area contributed by atoms with E-state index in [1.807, 2.05) is 49.6 Å². The second kappa shape index (κ2) is 9.49. The number of rotatable bonds is 6. The van der Waals surface area contributed by atoms with Crippen LogP contribution in [0, 0.1) is 0 Å². The van der Waals surface area contributed by atoms with Crippen LogP contribution < -0.4 is 15.5 Å². The van der Waals surface area contributed by atoms with Crippen molar-refractivity contribution in [2.45, 2.75) is 0 Å². The van der Waals surface area contributed by atoms with E-state index in [4.69, 9.17) is 4.98 Å². The molecule has 7 heteroatoms. The van der Waals surface area contributed by atoms with Gasteiger partial charge in [-0.2, -0.15) is 0 Å². The molecule has 2 heterocycles. The molecular weight excluding hydrogens is 424 g/mol. The highest BCUT2D eigenvalue weighted by Crippen LogP contribution is 2.33. The number of hydrogen-bond donors (Lipinski definition) is 2. The summed E-state index contributed by atoms with van der Waals surface area (Å²) in [5.74, 6) is 0.518. The maximum Gasteiger partial charge on any atom is 0.227 e. The second-order valence-corrected chi connectivity index (χ2v) is 8.53. The van der Waals surface area contributed by atoms with Crippen LogP contribution in [0.3, 0.4) is 0 Å². The summed E-state index contributed by atoms with van der Waals surface area (Å²) in [5, 5.41) is 7.35. The Labute approximate surface area is 199 Å². The third kappa shape index (κ3) is 4.30. The minimum atomic E-state index is 0.518. The molecule has 0 unspecified atom stereocenters. The molecule has 1 aromatic heterocycles. The normalized spacial score (nSPS) is 14.2. The van der Waals surface area contributed by atoms with Gasteiger partial charge in [-0.25, -0.2) is 9.97 Å². The van der Waals surface area contributed by atoms with Crippen molar-refractivity contribution in [1.29, 1.82) is 0 Å². The Bertz CT molecular complexity index is 1310. The first kappa shape index (κ1) is 21.9. The molecule has 172 valence electrons. The molecule has 1 aliphatic rings. The summed E-state index contributed by atoms with van der Waals surface area (Å²) in [4.78, 5) is 26.0. The van der Waals surface area contributed by atoms with Gasteiger partial charge in [0.15, 0.2) is 6.29 Å². The lowest BCUT2D eigenvalue weighted by Crippen LogP contribution is -2.44. The number of nitrogens with zero attached hydrogens (tertiary/aromatic N) is 4. The summed E-state index contributed by atoms with van der Waals surface area (Å²) in [7, 11) is 3.98. The number of fused-ring (bicyclic) bond motifs is 1. The van der Waals surface area contributed by atoms with Gasteiger partial charge in [-0.05, 0) is 42.9 Å². The number of carbonyl (C=O) groups excluding carboxylic acids is 1. The molecule has 1 saturated heterocycles. The first-order chi connectivity index (χ1) is 16.7. The van der Waals surface area contributed by atoms with Crippen molar-refractivity contribution in [2.75, 3.05) is 55.8 Å². The van der Waals surface area contributed by atoms with Gasteiger partial charge in [0.2, 0.25) is 5.95 Å². The van der Waals surface area contributed by atoms with E-state index < -0.39 is 0 Å². The number of aldehydes is 1. The highest BCUT2D eigenvalue weighted by Gasteiger charge is 2.15. The molecule has 4 aromatic rings. The highest BCUT2D eigenvalue weighted by atomic mass is 16.1. The number of benzene rings is 3. The molecule has 34 heavy (non-hydrogen) atoms. The maximum absolute atomic E-state index is 11.9. The number of carbonyl (C=O) groups is 1. The number of anilines is 4. The molecule has 0 aliphatic carbocycles. The molecule has 5 rings (SSSR count). The van der Waals surface area contributed by atoms with Crippen LogP contribution in [0.4, 0.5) is 23.0 Å². The molecule has 0 bridgehead atoms. The zero-order valence-corrected chi connectivity index (χ0v) is 19.5. The van der Waals surface area contributed by atoms with E-state index in [2.05, 4.69) is 56.7 Å². The van der Waals surface area contributed by atoms with Gasteiger partial charge in [0.05, 0.1) is 5.52 Å². The van der Waals surface area contributed by atoms with E-state index in [-0.39, 0.29) is 0 Å². The minimum absolute atomic E-state index is 0.518. The lowest BCUT2D eigenvalue weighted by Gasteiger charge is -2.34. The van der Waals surface area contributed by atoms with E-state index >= 15 is 0 Å². The van der Waals surface area contributed by atoms with E-state index in [9.17, 15) is 4.79 Å². The summed E-state index contributed by atoms with van der Waals surface area (Å²) in [6, 6.07) is 20.1. The van der Waals surface area contributed by atoms with E-state index in [0.717, 1.165) is 65.9 Å². The molecule has 1 aliphatic heterocycles. The molecule has 0 atom stereocenters. The minimum Gasteiger partial charge on any atom is -0.388 e.